The fraction of sp³-hybridized carbons (Fsp3) is 0.421. The molecule has 4 heterocycles. The van der Waals surface area contributed by atoms with Gasteiger partial charge in [0, 0.05) is 54.0 Å². The minimum absolute atomic E-state index is 0.00281. The molecule has 1 aliphatic carbocycles. The highest BCUT2D eigenvalue weighted by Gasteiger charge is 2.49. The van der Waals surface area contributed by atoms with Crippen LogP contribution in [0, 0.1) is 11.3 Å². The lowest BCUT2D eigenvalue weighted by Gasteiger charge is -2.41. The number of benzene rings is 3. The molecule has 3 saturated heterocycles. The van der Waals surface area contributed by atoms with Crippen molar-refractivity contribution in [1.82, 2.24) is 19.8 Å². The van der Waals surface area contributed by atoms with Gasteiger partial charge in [-0.2, -0.15) is 15.2 Å². The Labute approximate surface area is 300 Å². The Hall–Kier alpha value is -4.17. The standard InChI is InChI=1S/C38H37Cl2FN6O3/c1-2-31(48)47-17-16-45(21-25(47)12-14-42)36-28-18-30(40)33(27-8-3-6-23-7-4-9-29(39)32(23)27)35(50-26-10-11-26)34(28)43-37(44-36)49-22-38-13-5-15-46(38)20-24(41)19-38/h2-4,6-9,18,24-26H,1,5,10-13,15-17,19-22H2/t24-,25+,38+/m1/s1. The molecule has 3 aliphatic heterocycles. The van der Waals surface area contributed by atoms with Crippen LogP contribution >= 0.6 is 23.2 Å². The molecule has 4 aromatic rings. The number of carbonyl (C=O) groups is 1. The van der Waals surface area contributed by atoms with Gasteiger partial charge in [-0.15, -0.1) is 0 Å². The Morgan fingerprint density at radius 3 is 2.72 bits per heavy atom. The number of nitrogens with zero attached hydrogens (tertiary/aromatic N) is 6. The number of amides is 1. The van der Waals surface area contributed by atoms with Crippen LogP contribution in [0.4, 0.5) is 10.2 Å². The first-order valence-corrected chi connectivity index (χ1v) is 18.0. The molecular formula is C38H37Cl2FN6O3. The highest BCUT2D eigenvalue weighted by molar-refractivity contribution is 6.38. The second kappa shape index (κ2) is 13.2. The third-order valence-corrected chi connectivity index (χ3v) is 11.2. The Morgan fingerprint density at radius 1 is 1.12 bits per heavy atom. The van der Waals surface area contributed by atoms with Crippen molar-refractivity contribution in [2.45, 2.75) is 62.4 Å². The fourth-order valence-electron chi connectivity index (χ4n) is 8.08. The van der Waals surface area contributed by atoms with Crippen molar-refractivity contribution in [1.29, 1.82) is 5.26 Å². The van der Waals surface area contributed by atoms with E-state index >= 15 is 0 Å². The van der Waals surface area contributed by atoms with Crippen LogP contribution in [0.5, 0.6) is 11.8 Å². The first kappa shape index (κ1) is 33.0. The van der Waals surface area contributed by atoms with Gasteiger partial charge >= 0.3 is 6.01 Å². The van der Waals surface area contributed by atoms with E-state index in [9.17, 15) is 14.4 Å². The number of anilines is 1. The van der Waals surface area contributed by atoms with Crippen LogP contribution in [0.1, 0.15) is 38.5 Å². The molecular weight excluding hydrogens is 678 g/mol. The van der Waals surface area contributed by atoms with E-state index in [-0.39, 0.29) is 37.1 Å². The van der Waals surface area contributed by atoms with Gasteiger partial charge in [0.15, 0.2) is 5.75 Å². The minimum atomic E-state index is -0.894. The largest absolute Gasteiger partial charge is 0.487 e. The van der Waals surface area contributed by atoms with Gasteiger partial charge < -0.3 is 19.3 Å². The van der Waals surface area contributed by atoms with Crippen molar-refractivity contribution >= 4 is 56.6 Å². The van der Waals surface area contributed by atoms with E-state index in [0.717, 1.165) is 48.6 Å². The average Bonchev–Trinajstić information content (AvgIpc) is 3.77. The number of rotatable bonds is 9. The van der Waals surface area contributed by atoms with Crippen molar-refractivity contribution in [3.05, 3.63) is 65.2 Å². The number of nitriles is 1. The quantitative estimate of drug-likeness (QED) is 0.166. The predicted octanol–water partition coefficient (Wildman–Crippen LogP) is 7.37. The molecule has 3 aromatic carbocycles. The molecule has 1 aromatic heterocycles. The number of halogens is 3. The maximum Gasteiger partial charge on any atom is 0.319 e. The maximum absolute atomic E-state index is 14.7. The van der Waals surface area contributed by atoms with Gasteiger partial charge in [-0.05, 0) is 61.4 Å². The van der Waals surface area contributed by atoms with Gasteiger partial charge in [0.25, 0.3) is 0 Å². The summed E-state index contributed by atoms with van der Waals surface area (Å²) in [7, 11) is 0. The SMILES string of the molecule is C=CC(=O)N1CCN(c2nc(OC[C@@]34CCCN3C[C@H](F)C4)nc3c(OC4CC4)c(-c4cccc5cccc(Cl)c45)c(Cl)cc23)C[C@@H]1CC#N. The molecule has 9 nitrogen and oxygen atoms in total. The molecule has 0 bridgehead atoms. The highest BCUT2D eigenvalue weighted by Crippen LogP contribution is 2.49. The van der Waals surface area contributed by atoms with E-state index in [4.69, 9.17) is 42.6 Å². The van der Waals surface area contributed by atoms with E-state index in [1.807, 2.05) is 42.5 Å². The molecule has 8 rings (SSSR count). The summed E-state index contributed by atoms with van der Waals surface area (Å²) in [6.07, 6.45) is 4.60. The number of hydrogen-bond acceptors (Lipinski definition) is 8. The zero-order chi connectivity index (χ0) is 34.6. The normalized spacial score (nSPS) is 23.6. The molecule has 0 unspecified atom stereocenters. The smallest absolute Gasteiger partial charge is 0.319 e. The molecule has 258 valence electrons. The van der Waals surface area contributed by atoms with E-state index in [2.05, 4.69) is 22.4 Å². The van der Waals surface area contributed by atoms with Crippen LogP contribution in [0.3, 0.4) is 0 Å². The lowest BCUT2D eigenvalue weighted by atomic mass is 9.95. The summed E-state index contributed by atoms with van der Waals surface area (Å²) in [5.41, 5.74) is 1.65. The fourth-order valence-corrected chi connectivity index (χ4v) is 8.66. The maximum atomic E-state index is 14.7. The van der Waals surface area contributed by atoms with Crippen molar-refractivity contribution in [3.8, 4) is 29.0 Å². The van der Waals surface area contributed by atoms with Crippen LogP contribution in [0.2, 0.25) is 10.0 Å². The van der Waals surface area contributed by atoms with Crippen molar-refractivity contribution in [3.63, 3.8) is 0 Å². The summed E-state index contributed by atoms with van der Waals surface area (Å²) in [5, 5.41) is 13.2. The molecule has 4 fully saturated rings. The number of ether oxygens (including phenoxy) is 2. The molecule has 0 radical (unpaired) electrons. The number of carbonyl (C=O) groups excluding carboxylic acids is 1. The van der Waals surface area contributed by atoms with Crippen LogP contribution in [-0.4, -0.2) is 88.9 Å². The second-order valence-electron chi connectivity index (χ2n) is 13.8. The van der Waals surface area contributed by atoms with Gasteiger partial charge in [-0.3, -0.25) is 9.69 Å². The molecule has 0 spiro atoms. The van der Waals surface area contributed by atoms with Crippen molar-refractivity contribution in [2.75, 3.05) is 44.2 Å². The molecule has 3 atom stereocenters. The van der Waals surface area contributed by atoms with Crippen LogP contribution < -0.4 is 14.4 Å². The monoisotopic (exact) mass is 714 g/mol. The first-order chi connectivity index (χ1) is 24.3. The lowest BCUT2D eigenvalue weighted by Crippen LogP contribution is -2.55. The number of piperazine rings is 1. The number of hydrogen-bond donors (Lipinski definition) is 0. The molecule has 0 N–H and O–H groups in total. The van der Waals surface area contributed by atoms with Gasteiger partial charge in [-0.1, -0.05) is 60.1 Å². The van der Waals surface area contributed by atoms with Crippen molar-refractivity contribution in [2.24, 2.45) is 0 Å². The molecule has 12 heteroatoms. The third-order valence-electron chi connectivity index (χ3n) is 10.6. The molecule has 4 aliphatic rings. The van der Waals surface area contributed by atoms with Crippen LogP contribution in [0.25, 0.3) is 32.8 Å². The topological polar surface area (TPSA) is 94.8 Å². The number of alkyl halides is 1. The molecule has 1 saturated carbocycles. The van der Waals surface area contributed by atoms with Gasteiger partial charge in [0.2, 0.25) is 5.91 Å². The summed E-state index contributed by atoms with van der Waals surface area (Å²) in [5.74, 6) is 0.876. The van der Waals surface area contributed by atoms with E-state index in [0.29, 0.717) is 70.7 Å². The molecule has 50 heavy (non-hydrogen) atoms. The Kier molecular flexibility index (Phi) is 8.70. The summed E-state index contributed by atoms with van der Waals surface area (Å²) < 4.78 is 27.9. The van der Waals surface area contributed by atoms with Crippen LogP contribution in [0.15, 0.2) is 55.1 Å². The first-order valence-electron chi connectivity index (χ1n) is 17.2. The number of fused-ring (bicyclic) bond motifs is 3. The van der Waals surface area contributed by atoms with Crippen molar-refractivity contribution < 1.29 is 18.7 Å². The zero-order valence-electron chi connectivity index (χ0n) is 27.6. The zero-order valence-corrected chi connectivity index (χ0v) is 29.1. The van der Waals surface area contributed by atoms with Gasteiger partial charge in [0.1, 0.15) is 24.1 Å². The summed E-state index contributed by atoms with van der Waals surface area (Å²) in [6.45, 7) is 6.36. The average molecular weight is 716 g/mol. The highest BCUT2D eigenvalue weighted by atomic mass is 35.5. The predicted molar refractivity (Wildman–Crippen MR) is 193 cm³/mol. The van der Waals surface area contributed by atoms with Crippen LogP contribution in [-0.2, 0) is 4.79 Å². The molecule has 1 amide bonds. The second-order valence-corrected chi connectivity index (χ2v) is 14.6. The van der Waals surface area contributed by atoms with E-state index < -0.39 is 11.7 Å². The van der Waals surface area contributed by atoms with E-state index in [1.54, 1.807) is 4.90 Å². The summed E-state index contributed by atoms with van der Waals surface area (Å²) >= 11 is 14.1. The lowest BCUT2D eigenvalue weighted by molar-refractivity contribution is -0.128. The summed E-state index contributed by atoms with van der Waals surface area (Å²) in [6, 6.07) is 15.6. The Morgan fingerprint density at radius 2 is 1.94 bits per heavy atom. The van der Waals surface area contributed by atoms with E-state index in [1.165, 1.54) is 6.08 Å². The Balaban J connectivity index is 1.30. The summed E-state index contributed by atoms with van der Waals surface area (Å²) in [4.78, 5) is 28.7. The minimum Gasteiger partial charge on any atom is -0.487 e. The number of aromatic nitrogens is 2. The Bertz CT molecular complexity index is 2050. The van der Waals surface area contributed by atoms with Gasteiger partial charge in [-0.25, -0.2) is 4.39 Å². The third kappa shape index (κ3) is 5.89. The van der Waals surface area contributed by atoms with Gasteiger partial charge in [0.05, 0.1) is 35.2 Å².